The highest BCUT2D eigenvalue weighted by Gasteiger charge is 2.20. The Kier molecular flexibility index (Phi) is 9.32. The summed E-state index contributed by atoms with van der Waals surface area (Å²) in [4.78, 5) is 4.86. The number of aryl methyl sites for hydroxylation is 2. The molecule has 0 saturated carbocycles. The van der Waals surface area contributed by atoms with E-state index in [9.17, 15) is 0 Å². The first-order valence-corrected chi connectivity index (χ1v) is 21.4. The van der Waals surface area contributed by atoms with Crippen molar-refractivity contribution < 1.29 is 0 Å². The fraction of sp³-hybridized carbons (Fsp3) is 0.0333. The molecule has 0 aromatic heterocycles. The van der Waals surface area contributed by atoms with Gasteiger partial charge in [0.25, 0.3) is 0 Å². The van der Waals surface area contributed by atoms with Gasteiger partial charge in [-0.15, -0.1) is 0 Å². The zero-order valence-corrected chi connectivity index (χ0v) is 34.8. The quantitative estimate of drug-likeness (QED) is 0.151. The molecule has 0 unspecified atom stereocenters. The summed E-state index contributed by atoms with van der Waals surface area (Å²) in [6.07, 6.45) is 0. The molecule has 294 valence electrons. The molecule has 11 rings (SSSR count). The smallest absolute Gasteiger partial charge is 0.0542 e. The standard InChI is InChI=1S/C60H44N2/c1-41-37-49-15-5-9-21-55(49)59(39-41)61(57-23-11-17-47-13-3-7-19-53(47)57)51-33-29-45(30-34-51)43-25-27-44(28-26-43)46-31-35-52(36-32-46)62(58-24-12-18-48-14-4-8-20-54(48)58)60-40-42(2)38-50-16-6-10-22-56(50)60/h3-40H,1-2H3. The molecular weight excluding hydrogens is 749 g/mol. The van der Waals surface area contributed by atoms with E-state index in [-0.39, 0.29) is 0 Å². The van der Waals surface area contributed by atoms with E-state index < -0.39 is 0 Å². The minimum absolute atomic E-state index is 1.12. The molecule has 0 bridgehead atoms. The van der Waals surface area contributed by atoms with Crippen LogP contribution in [0, 0.1) is 13.8 Å². The SMILES string of the molecule is Cc1cc(N(c2ccc(-c3ccc(-c4ccc(N(c5cccc6ccccc56)c5cc(C)cc6ccccc56)cc4)cc3)cc2)c2cccc3ccccc23)c2ccccc2c1. The van der Waals surface area contributed by atoms with Crippen molar-refractivity contribution >= 4 is 77.2 Å². The maximum Gasteiger partial charge on any atom is 0.0542 e. The van der Waals surface area contributed by atoms with Crippen LogP contribution in [0.2, 0.25) is 0 Å². The molecule has 0 aliphatic rings. The molecular formula is C60H44N2. The van der Waals surface area contributed by atoms with Crippen molar-refractivity contribution in [3.63, 3.8) is 0 Å². The van der Waals surface area contributed by atoms with Crippen molar-refractivity contribution in [3.8, 4) is 22.3 Å². The molecule has 11 aromatic rings. The van der Waals surface area contributed by atoms with E-state index in [2.05, 4.69) is 254 Å². The fourth-order valence-electron chi connectivity index (χ4n) is 9.33. The second-order valence-electron chi connectivity index (χ2n) is 16.3. The average Bonchev–Trinajstić information content (AvgIpc) is 3.32. The molecule has 0 N–H and O–H groups in total. The van der Waals surface area contributed by atoms with Gasteiger partial charge in [-0.05, 0) is 117 Å². The number of benzene rings is 11. The molecule has 11 aromatic carbocycles. The Labute approximate surface area is 363 Å². The summed E-state index contributed by atoms with van der Waals surface area (Å²) in [6.45, 7) is 4.37. The lowest BCUT2D eigenvalue weighted by Crippen LogP contribution is -2.11. The van der Waals surface area contributed by atoms with E-state index in [1.807, 2.05) is 0 Å². The van der Waals surface area contributed by atoms with E-state index in [4.69, 9.17) is 0 Å². The molecule has 0 spiro atoms. The monoisotopic (exact) mass is 792 g/mol. The first-order valence-electron chi connectivity index (χ1n) is 21.4. The number of rotatable bonds is 8. The number of nitrogens with zero attached hydrogens (tertiary/aromatic N) is 2. The lowest BCUT2D eigenvalue weighted by Gasteiger charge is -2.29. The first kappa shape index (κ1) is 37.1. The molecule has 0 radical (unpaired) electrons. The summed E-state index contributed by atoms with van der Waals surface area (Å²) in [5, 5.41) is 9.81. The molecule has 0 saturated heterocycles. The van der Waals surface area contributed by atoms with Crippen LogP contribution >= 0.6 is 0 Å². The normalized spacial score (nSPS) is 11.4. The molecule has 0 atom stereocenters. The van der Waals surface area contributed by atoms with Gasteiger partial charge in [0.1, 0.15) is 0 Å². The van der Waals surface area contributed by atoms with Gasteiger partial charge in [0.15, 0.2) is 0 Å². The second-order valence-corrected chi connectivity index (χ2v) is 16.3. The van der Waals surface area contributed by atoms with Gasteiger partial charge in [-0.2, -0.15) is 0 Å². The van der Waals surface area contributed by atoms with Crippen LogP contribution in [-0.2, 0) is 0 Å². The topological polar surface area (TPSA) is 6.48 Å². The van der Waals surface area contributed by atoms with Crippen LogP contribution < -0.4 is 9.80 Å². The predicted molar refractivity (Wildman–Crippen MR) is 266 cm³/mol. The maximum absolute atomic E-state index is 2.43. The Bertz CT molecular complexity index is 3180. The van der Waals surface area contributed by atoms with Gasteiger partial charge in [-0.25, -0.2) is 0 Å². The summed E-state index contributed by atoms with van der Waals surface area (Å²) in [5.74, 6) is 0. The highest BCUT2D eigenvalue weighted by atomic mass is 15.2. The summed E-state index contributed by atoms with van der Waals surface area (Å²) in [6, 6.07) is 84.2. The van der Waals surface area contributed by atoms with E-state index in [0.717, 1.165) is 22.7 Å². The minimum atomic E-state index is 1.12. The van der Waals surface area contributed by atoms with Gasteiger partial charge in [0, 0.05) is 32.9 Å². The van der Waals surface area contributed by atoms with Crippen LogP contribution in [0.15, 0.2) is 231 Å². The number of fused-ring (bicyclic) bond motifs is 4. The molecule has 2 nitrogen and oxygen atoms in total. The zero-order valence-electron chi connectivity index (χ0n) is 34.8. The third kappa shape index (κ3) is 6.73. The van der Waals surface area contributed by atoms with Crippen LogP contribution in [-0.4, -0.2) is 0 Å². The van der Waals surface area contributed by atoms with Gasteiger partial charge in [0.2, 0.25) is 0 Å². The van der Waals surface area contributed by atoms with Crippen LogP contribution in [0.25, 0.3) is 65.3 Å². The molecule has 0 aliphatic heterocycles. The molecule has 2 heteroatoms. The molecule has 0 amide bonds. The predicted octanol–water partition coefficient (Wildman–Crippen LogP) is 17.2. The van der Waals surface area contributed by atoms with Crippen molar-refractivity contribution in [2.24, 2.45) is 0 Å². The lowest BCUT2D eigenvalue weighted by atomic mass is 9.98. The van der Waals surface area contributed by atoms with Gasteiger partial charge in [-0.3, -0.25) is 0 Å². The largest absolute Gasteiger partial charge is 0.309 e. The van der Waals surface area contributed by atoms with Gasteiger partial charge >= 0.3 is 0 Å². The summed E-state index contributed by atoms with van der Waals surface area (Å²) in [5.41, 5.74) is 14.1. The highest BCUT2D eigenvalue weighted by Crippen LogP contribution is 2.45. The Hall–Kier alpha value is -7.94. The number of hydrogen-bond donors (Lipinski definition) is 0. The molecule has 0 fully saturated rings. The number of hydrogen-bond acceptors (Lipinski definition) is 2. The fourth-order valence-corrected chi connectivity index (χ4v) is 9.33. The summed E-state index contributed by atoms with van der Waals surface area (Å²) in [7, 11) is 0. The lowest BCUT2D eigenvalue weighted by molar-refractivity contribution is 1.30. The van der Waals surface area contributed by atoms with E-state index in [1.54, 1.807) is 0 Å². The third-order valence-corrected chi connectivity index (χ3v) is 12.3. The van der Waals surface area contributed by atoms with Crippen LogP contribution in [0.1, 0.15) is 11.1 Å². The third-order valence-electron chi connectivity index (χ3n) is 12.3. The zero-order chi connectivity index (χ0) is 41.6. The first-order chi connectivity index (χ1) is 30.6. The van der Waals surface area contributed by atoms with E-state index >= 15 is 0 Å². The van der Waals surface area contributed by atoms with Crippen molar-refractivity contribution in [3.05, 3.63) is 242 Å². The Balaban J connectivity index is 0.933. The van der Waals surface area contributed by atoms with Gasteiger partial charge in [-0.1, -0.05) is 182 Å². The molecule has 62 heavy (non-hydrogen) atoms. The molecule has 0 aliphatic carbocycles. The summed E-state index contributed by atoms with van der Waals surface area (Å²) >= 11 is 0. The van der Waals surface area contributed by atoms with E-state index in [0.29, 0.717) is 0 Å². The Morgan fingerprint density at radius 1 is 0.242 bits per heavy atom. The van der Waals surface area contributed by atoms with Crippen molar-refractivity contribution in [1.82, 2.24) is 0 Å². The van der Waals surface area contributed by atoms with Crippen LogP contribution in [0.5, 0.6) is 0 Å². The van der Waals surface area contributed by atoms with Gasteiger partial charge in [0.05, 0.1) is 22.7 Å². The Morgan fingerprint density at radius 3 is 0.903 bits per heavy atom. The van der Waals surface area contributed by atoms with Crippen LogP contribution in [0.3, 0.4) is 0 Å². The van der Waals surface area contributed by atoms with Crippen molar-refractivity contribution in [2.75, 3.05) is 9.80 Å². The van der Waals surface area contributed by atoms with Crippen LogP contribution in [0.4, 0.5) is 34.1 Å². The van der Waals surface area contributed by atoms with Crippen molar-refractivity contribution in [1.29, 1.82) is 0 Å². The second kappa shape index (κ2) is 15.6. The minimum Gasteiger partial charge on any atom is -0.309 e. The van der Waals surface area contributed by atoms with E-state index in [1.165, 1.54) is 87.8 Å². The maximum atomic E-state index is 2.43. The summed E-state index contributed by atoms with van der Waals surface area (Å²) < 4.78 is 0. The highest BCUT2D eigenvalue weighted by molar-refractivity contribution is 6.06. The molecule has 0 heterocycles. The number of anilines is 6. The van der Waals surface area contributed by atoms with Gasteiger partial charge < -0.3 is 9.80 Å². The Morgan fingerprint density at radius 2 is 0.532 bits per heavy atom. The average molecular weight is 793 g/mol. The van der Waals surface area contributed by atoms with Crippen molar-refractivity contribution in [2.45, 2.75) is 13.8 Å².